The fraction of sp³-hybridized carbons (Fsp3) is 0.700. The van der Waals surface area contributed by atoms with E-state index in [1.165, 1.54) is 6.20 Å². The van der Waals surface area contributed by atoms with Crippen molar-refractivity contribution in [1.82, 2.24) is 14.3 Å². The van der Waals surface area contributed by atoms with Gasteiger partial charge < -0.3 is 4.98 Å². The molecule has 1 aromatic heterocycles. The third-order valence-corrected chi connectivity index (χ3v) is 4.69. The number of H-pyrrole nitrogens is 1. The molecule has 0 spiro atoms. The summed E-state index contributed by atoms with van der Waals surface area (Å²) >= 11 is 0. The van der Waals surface area contributed by atoms with E-state index in [0.29, 0.717) is 24.8 Å². The smallest absolute Gasteiger partial charge is 0.260 e. The quantitative estimate of drug-likeness (QED) is 0.847. The number of aryl methyl sites for hydroxylation is 1. The maximum atomic E-state index is 12.2. The van der Waals surface area contributed by atoms with Crippen LogP contribution in [-0.4, -0.2) is 35.8 Å². The lowest BCUT2D eigenvalue weighted by molar-refractivity contribution is 0.280. The Morgan fingerprint density at radius 2 is 2.31 bits per heavy atom. The van der Waals surface area contributed by atoms with Gasteiger partial charge in [0, 0.05) is 13.1 Å². The number of hydrogen-bond acceptors (Lipinski definition) is 3. The number of piperidine rings is 1. The first kappa shape index (κ1) is 11.6. The topological polar surface area (TPSA) is 66.1 Å². The van der Waals surface area contributed by atoms with Crippen molar-refractivity contribution in [3.8, 4) is 0 Å². The Bertz CT molecular complexity index is 466. The second kappa shape index (κ2) is 4.18. The van der Waals surface area contributed by atoms with Crippen LogP contribution in [0.3, 0.4) is 0 Å². The number of aromatic nitrogens is 2. The molecule has 1 atom stereocenters. The number of imidazole rings is 1. The van der Waals surface area contributed by atoms with Crippen LogP contribution in [0.1, 0.15) is 25.6 Å². The number of nitrogens with one attached hydrogen (secondary N) is 1. The van der Waals surface area contributed by atoms with Crippen molar-refractivity contribution in [2.45, 2.75) is 31.7 Å². The maximum Gasteiger partial charge on any atom is 0.260 e. The van der Waals surface area contributed by atoms with Crippen LogP contribution in [0, 0.1) is 12.8 Å². The highest BCUT2D eigenvalue weighted by Gasteiger charge is 2.29. The molecule has 1 aliphatic heterocycles. The number of sulfonamides is 1. The maximum absolute atomic E-state index is 12.2. The lowest BCUT2D eigenvalue weighted by Gasteiger charge is -2.29. The molecule has 1 aromatic rings. The molecule has 1 N–H and O–H groups in total. The second-order valence-electron chi connectivity index (χ2n) is 4.44. The molecular formula is C10H17N3O2S. The van der Waals surface area contributed by atoms with Crippen LogP contribution >= 0.6 is 0 Å². The standard InChI is InChI=1S/C10H17N3O2S/c1-8-4-3-5-13(7-8)16(14,15)10-6-11-9(2)12-10/h6,8H,3-5,7H2,1-2H3,(H,11,12). The highest BCUT2D eigenvalue weighted by Crippen LogP contribution is 2.22. The zero-order valence-electron chi connectivity index (χ0n) is 9.60. The van der Waals surface area contributed by atoms with Crippen molar-refractivity contribution in [2.24, 2.45) is 5.92 Å². The van der Waals surface area contributed by atoms with Gasteiger partial charge in [-0.15, -0.1) is 0 Å². The van der Waals surface area contributed by atoms with E-state index >= 15 is 0 Å². The Hall–Kier alpha value is -0.880. The number of nitrogens with zero attached hydrogens (tertiary/aromatic N) is 2. The number of hydrogen-bond donors (Lipinski definition) is 1. The van der Waals surface area contributed by atoms with Crippen molar-refractivity contribution in [3.63, 3.8) is 0 Å². The van der Waals surface area contributed by atoms with E-state index in [9.17, 15) is 8.42 Å². The van der Waals surface area contributed by atoms with Gasteiger partial charge in [-0.25, -0.2) is 13.4 Å². The van der Waals surface area contributed by atoms with E-state index in [1.807, 2.05) is 0 Å². The summed E-state index contributed by atoms with van der Waals surface area (Å²) in [6.07, 6.45) is 3.44. The number of rotatable bonds is 2. The lowest BCUT2D eigenvalue weighted by Crippen LogP contribution is -2.39. The minimum Gasteiger partial charge on any atom is -0.332 e. The summed E-state index contributed by atoms with van der Waals surface area (Å²) in [7, 11) is -3.36. The Kier molecular flexibility index (Phi) is 3.03. The fourth-order valence-electron chi connectivity index (χ4n) is 2.03. The highest BCUT2D eigenvalue weighted by molar-refractivity contribution is 7.89. The van der Waals surface area contributed by atoms with Gasteiger partial charge in [-0.3, -0.25) is 0 Å². The largest absolute Gasteiger partial charge is 0.332 e. The van der Waals surface area contributed by atoms with Crippen LogP contribution in [-0.2, 0) is 10.0 Å². The summed E-state index contributed by atoms with van der Waals surface area (Å²) in [5, 5.41) is 0.208. The molecule has 16 heavy (non-hydrogen) atoms. The molecule has 1 fully saturated rings. The highest BCUT2D eigenvalue weighted by atomic mass is 32.2. The average Bonchev–Trinajstić information content (AvgIpc) is 2.65. The predicted octanol–water partition coefficient (Wildman–Crippen LogP) is 1.14. The van der Waals surface area contributed by atoms with Crippen LogP contribution < -0.4 is 0 Å². The van der Waals surface area contributed by atoms with E-state index in [4.69, 9.17) is 0 Å². The molecule has 0 aliphatic carbocycles. The van der Waals surface area contributed by atoms with Crippen molar-refractivity contribution in [3.05, 3.63) is 12.0 Å². The molecule has 0 aromatic carbocycles. The van der Waals surface area contributed by atoms with E-state index in [2.05, 4.69) is 16.9 Å². The van der Waals surface area contributed by atoms with Crippen LogP contribution in [0.2, 0.25) is 0 Å². The molecular weight excluding hydrogens is 226 g/mol. The third-order valence-electron chi connectivity index (χ3n) is 2.92. The van der Waals surface area contributed by atoms with Crippen molar-refractivity contribution < 1.29 is 8.42 Å². The van der Waals surface area contributed by atoms with Crippen molar-refractivity contribution >= 4 is 10.0 Å². The summed E-state index contributed by atoms with van der Waals surface area (Å²) in [5.41, 5.74) is 0. The van der Waals surface area contributed by atoms with Gasteiger partial charge in [0.05, 0.1) is 6.20 Å². The van der Waals surface area contributed by atoms with Gasteiger partial charge in [0.1, 0.15) is 5.82 Å². The third kappa shape index (κ3) is 2.12. The zero-order valence-corrected chi connectivity index (χ0v) is 10.4. The van der Waals surface area contributed by atoms with Gasteiger partial charge in [0.15, 0.2) is 5.03 Å². The van der Waals surface area contributed by atoms with Crippen LogP contribution in [0.4, 0.5) is 0 Å². The second-order valence-corrected chi connectivity index (χ2v) is 6.35. The van der Waals surface area contributed by atoms with E-state index in [1.54, 1.807) is 11.2 Å². The molecule has 0 amide bonds. The first-order valence-electron chi connectivity index (χ1n) is 5.52. The summed E-state index contributed by atoms with van der Waals surface area (Å²) in [6.45, 7) is 5.06. The number of aromatic amines is 1. The molecule has 0 bridgehead atoms. The van der Waals surface area contributed by atoms with Crippen LogP contribution in [0.25, 0.3) is 0 Å². The summed E-state index contributed by atoms with van der Waals surface area (Å²) < 4.78 is 26.0. The molecule has 1 saturated heterocycles. The van der Waals surface area contributed by atoms with E-state index < -0.39 is 10.0 Å². The molecule has 5 nitrogen and oxygen atoms in total. The predicted molar refractivity (Wildman–Crippen MR) is 60.5 cm³/mol. The molecule has 0 saturated carbocycles. The molecule has 90 valence electrons. The fourth-order valence-corrected chi connectivity index (χ4v) is 3.59. The van der Waals surface area contributed by atoms with Crippen molar-refractivity contribution in [2.75, 3.05) is 13.1 Å². The Labute approximate surface area is 95.9 Å². The summed E-state index contributed by atoms with van der Waals surface area (Å²) in [6, 6.07) is 0. The Morgan fingerprint density at radius 3 is 2.88 bits per heavy atom. The molecule has 1 unspecified atom stereocenters. The molecule has 2 heterocycles. The molecule has 0 radical (unpaired) electrons. The van der Waals surface area contributed by atoms with E-state index in [0.717, 1.165) is 12.8 Å². The minimum atomic E-state index is -3.36. The minimum absolute atomic E-state index is 0.208. The SMILES string of the molecule is Cc1ncc(S(=O)(=O)N2CCCC(C)C2)[nH]1. The zero-order chi connectivity index (χ0) is 11.8. The molecule has 1 aliphatic rings. The van der Waals surface area contributed by atoms with Gasteiger partial charge in [-0.05, 0) is 25.7 Å². The first-order valence-corrected chi connectivity index (χ1v) is 6.96. The van der Waals surface area contributed by atoms with Gasteiger partial charge in [0.25, 0.3) is 10.0 Å². The Balaban J connectivity index is 2.25. The van der Waals surface area contributed by atoms with Gasteiger partial charge in [-0.2, -0.15) is 4.31 Å². The van der Waals surface area contributed by atoms with Gasteiger partial charge >= 0.3 is 0 Å². The monoisotopic (exact) mass is 243 g/mol. The first-order chi connectivity index (χ1) is 7.50. The van der Waals surface area contributed by atoms with E-state index in [-0.39, 0.29) is 5.03 Å². The summed E-state index contributed by atoms with van der Waals surface area (Å²) in [4.78, 5) is 6.72. The van der Waals surface area contributed by atoms with Gasteiger partial charge in [0.2, 0.25) is 0 Å². The lowest BCUT2D eigenvalue weighted by atomic mass is 10.0. The van der Waals surface area contributed by atoms with Crippen LogP contribution in [0.5, 0.6) is 0 Å². The molecule has 6 heteroatoms. The van der Waals surface area contributed by atoms with Crippen molar-refractivity contribution in [1.29, 1.82) is 0 Å². The summed E-state index contributed by atoms with van der Waals surface area (Å²) in [5.74, 6) is 1.07. The van der Waals surface area contributed by atoms with Gasteiger partial charge in [-0.1, -0.05) is 6.92 Å². The normalized spacial score (nSPS) is 23.5. The van der Waals surface area contributed by atoms with Crippen LogP contribution in [0.15, 0.2) is 11.2 Å². The molecule has 2 rings (SSSR count). The average molecular weight is 243 g/mol. The Morgan fingerprint density at radius 1 is 1.56 bits per heavy atom.